The van der Waals surface area contributed by atoms with Gasteiger partial charge in [0.15, 0.2) is 9.84 Å². The quantitative estimate of drug-likeness (QED) is 0.196. The first-order chi connectivity index (χ1) is 20.8. The molecule has 0 bridgehead atoms. The van der Waals surface area contributed by atoms with Crippen molar-refractivity contribution in [2.75, 3.05) is 42.7 Å². The summed E-state index contributed by atoms with van der Waals surface area (Å²) in [5, 5.41) is -0.947. The fourth-order valence-electron chi connectivity index (χ4n) is 6.06. The molecule has 0 fully saturated rings. The molecule has 0 saturated heterocycles. The summed E-state index contributed by atoms with van der Waals surface area (Å²) < 4.78 is 62.9. The van der Waals surface area contributed by atoms with Crippen molar-refractivity contribution in [2.45, 2.75) is 22.8 Å². The van der Waals surface area contributed by atoms with Crippen LogP contribution in [0, 0.1) is 0 Å². The van der Waals surface area contributed by atoms with Gasteiger partial charge in [-0.05, 0) is 64.7 Å². The van der Waals surface area contributed by atoms with E-state index in [2.05, 4.69) is 0 Å². The van der Waals surface area contributed by atoms with Gasteiger partial charge in [0.2, 0.25) is 0 Å². The topological polar surface area (TPSA) is 89.5 Å². The largest absolute Gasteiger partial charge is 0.497 e. The van der Waals surface area contributed by atoms with Gasteiger partial charge in [0.05, 0.1) is 53.7 Å². The van der Waals surface area contributed by atoms with Crippen LogP contribution in [-0.2, 0) is 15.6 Å². The van der Waals surface area contributed by atoms with Crippen molar-refractivity contribution in [3.05, 3.63) is 107 Å². The van der Waals surface area contributed by atoms with Crippen LogP contribution in [-0.4, -0.2) is 51.1 Å². The number of methoxy groups -OCH3 is 6. The Morgan fingerprint density at radius 2 is 1.07 bits per heavy atom. The Morgan fingerprint density at radius 1 is 0.558 bits per heavy atom. The van der Waals surface area contributed by atoms with E-state index in [1.807, 2.05) is 42.5 Å². The van der Waals surface area contributed by atoms with Crippen LogP contribution in [0.1, 0.15) is 44.9 Å². The van der Waals surface area contributed by atoms with E-state index in [1.54, 1.807) is 79.1 Å². The minimum Gasteiger partial charge on any atom is -0.497 e. The molecule has 9 heteroatoms. The van der Waals surface area contributed by atoms with Crippen LogP contribution >= 0.6 is 0 Å². The summed E-state index contributed by atoms with van der Waals surface area (Å²) in [4.78, 5) is 0. The van der Waals surface area contributed by atoms with Gasteiger partial charge >= 0.3 is 0 Å². The van der Waals surface area contributed by atoms with Gasteiger partial charge in [0.1, 0.15) is 34.5 Å². The molecule has 0 radical (unpaired) electrons. The molecule has 1 aliphatic carbocycles. The Bertz CT molecular complexity index is 1660. The summed E-state index contributed by atoms with van der Waals surface area (Å²) >= 11 is 0. The maximum Gasteiger partial charge on any atom is 0.162 e. The highest BCUT2D eigenvalue weighted by Gasteiger charge is 2.50. The van der Waals surface area contributed by atoms with Crippen molar-refractivity contribution >= 4 is 9.84 Å². The number of fused-ring (bicyclic) bond motifs is 1. The maximum absolute atomic E-state index is 14.7. The predicted octanol–water partition coefficient (Wildman–Crippen LogP) is 6.32. The van der Waals surface area contributed by atoms with Crippen LogP contribution in [0.25, 0.3) is 0 Å². The fourth-order valence-corrected chi connectivity index (χ4v) is 8.24. The number of ether oxygens (including phenoxy) is 6. The van der Waals surface area contributed by atoms with Crippen LogP contribution in [0.4, 0.5) is 0 Å². The molecule has 0 aromatic heterocycles. The van der Waals surface area contributed by atoms with Crippen LogP contribution in [0.15, 0.2) is 78.9 Å². The minimum atomic E-state index is -3.84. The molecule has 4 aromatic rings. The molecule has 0 saturated carbocycles. The molecule has 0 heterocycles. The van der Waals surface area contributed by atoms with E-state index in [0.717, 1.165) is 16.7 Å². The Kier molecular flexibility index (Phi) is 8.73. The van der Waals surface area contributed by atoms with E-state index in [4.69, 9.17) is 28.4 Å². The normalized spacial score (nSPS) is 17.6. The first kappa shape index (κ1) is 30.1. The molecule has 226 valence electrons. The monoisotopic (exact) mass is 604 g/mol. The van der Waals surface area contributed by atoms with Gasteiger partial charge in [0.25, 0.3) is 0 Å². The molecule has 1 aliphatic rings. The molecule has 8 nitrogen and oxygen atoms in total. The van der Waals surface area contributed by atoms with Gasteiger partial charge in [-0.3, -0.25) is 0 Å². The Hall–Kier alpha value is -4.37. The van der Waals surface area contributed by atoms with E-state index in [1.165, 1.54) is 0 Å². The highest BCUT2D eigenvalue weighted by molar-refractivity contribution is 7.91. The van der Waals surface area contributed by atoms with Gasteiger partial charge < -0.3 is 28.4 Å². The molecule has 3 atom stereocenters. The van der Waals surface area contributed by atoms with Crippen LogP contribution in [0.5, 0.6) is 34.5 Å². The molecule has 1 unspecified atom stereocenters. The molecule has 0 aliphatic heterocycles. The third-order valence-corrected chi connectivity index (χ3v) is 10.1. The first-order valence-electron chi connectivity index (χ1n) is 13.7. The smallest absolute Gasteiger partial charge is 0.162 e. The number of benzene rings is 4. The zero-order chi connectivity index (χ0) is 30.7. The van der Waals surface area contributed by atoms with E-state index >= 15 is 0 Å². The summed E-state index contributed by atoms with van der Waals surface area (Å²) in [6.07, 6.45) is 0. The van der Waals surface area contributed by atoms with Gasteiger partial charge in [-0.15, -0.1) is 0 Å². The third-order valence-electron chi connectivity index (χ3n) is 8.05. The second-order valence-corrected chi connectivity index (χ2v) is 12.5. The SMILES string of the molecule is COc1ccc(CS(=O)(=O)C2c3cc(OC)cc(OC)c3[C@H](c3ccc(OC)cc3)[C@H]2c2cc(OC)cc(OC)c2)cc1. The van der Waals surface area contributed by atoms with E-state index in [0.29, 0.717) is 45.6 Å². The number of rotatable bonds is 11. The Balaban J connectivity index is 1.79. The average Bonchev–Trinajstić information content (AvgIpc) is 3.40. The van der Waals surface area contributed by atoms with Crippen LogP contribution in [0.2, 0.25) is 0 Å². The Morgan fingerprint density at radius 3 is 1.58 bits per heavy atom. The third kappa shape index (κ3) is 5.82. The van der Waals surface area contributed by atoms with Gasteiger partial charge in [0, 0.05) is 29.5 Å². The van der Waals surface area contributed by atoms with Crippen molar-refractivity contribution in [2.24, 2.45) is 0 Å². The van der Waals surface area contributed by atoms with E-state index in [9.17, 15) is 8.42 Å². The second-order valence-electron chi connectivity index (χ2n) is 10.3. The minimum absolute atomic E-state index is 0.173. The summed E-state index contributed by atoms with van der Waals surface area (Å²) in [5.41, 5.74) is 3.77. The van der Waals surface area contributed by atoms with Crippen molar-refractivity contribution in [1.82, 2.24) is 0 Å². The molecule has 0 N–H and O–H groups in total. The lowest BCUT2D eigenvalue weighted by Crippen LogP contribution is -2.21. The number of sulfone groups is 1. The van der Waals surface area contributed by atoms with Gasteiger partial charge in [-0.1, -0.05) is 24.3 Å². The molecule has 4 aromatic carbocycles. The van der Waals surface area contributed by atoms with Crippen molar-refractivity contribution in [1.29, 1.82) is 0 Å². The van der Waals surface area contributed by atoms with E-state index < -0.39 is 26.9 Å². The first-order valence-corrected chi connectivity index (χ1v) is 15.5. The summed E-state index contributed by atoms with van der Waals surface area (Å²) in [7, 11) is 5.65. The highest BCUT2D eigenvalue weighted by atomic mass is 32.2. The Labute approximate surface area is 253 Å². The predicted molar refractivity (Wildman–Crippen MR) is 165 cm³/mol. The standard InChI is InChI=1S/C34H36O8S/c1-37-24-11-7-21(8-12-24)20-43(35,36)34-29-18-28(41-5)19-30(42-6)33(29)31(22-9-13-25(38-2)14-10-22)32(34)23-15-26(39-3)17-27(16-23)40-4/h7-19,31-32,34H,20H2,1-6H3/t31-,32-,34?/m1/s1. The fraction of sp³-hybridized carbons (Fsp3) is 0.294. The van der Waals surface area contributed by atoms with Crippen molar-refractivity contribution in [3.63, 3.8) is 0 Å². The summed E-state index contributed by atoms with van der Waals surface area (Å²) in [6.45, 7) is 0. The second kappa shape index (κ2) is 12.5. The lowest BCUT2D eigenvalue weighted by atomic mass is 9.81. The average molecular weight is 605 g/mol. The molecular weight excluding hydrogens is 568 g/mol. The molecule has 0 amide bonds. The van der Waals surface area contributed by atoms with Crippen LogP contribution < -0.4 is 28.4 Å². The maximum atomic E-state index is 14.7. The number of hydrogen-bond donors (Lipinski definition) is 0. The van der Waals surface area contributed by atoms with Crippen molar-refractivity contribution in [3.8, 4) is 34.5 Å². The number of hydrogen-bond acceptors (Lipinski definition) is 8. The van der Waals surface area contributed by atoms with Crippen LogP contribution in [0.3, 0.4) is 0 Å². The lowest BCUT2D eigenvalue weighted by Gasteiger charge is -2.28. The zero-order valence-corrected chi connectivity index (χ0v) is 25.9. The van der Waals surface area contributed by atoms with Crippen molar-refractivity contribution < 1.29 is 36.8 Å². The lowest BCUT2D eigenvalue weighted by molar-refractivity contribution is 0.389. The molecule has 43 heavy (non-hydrogen) atoms. The molecule has 5 rings (SSSR count). The summed E-state index contributed by atoms with van der Waals surface area (Å²) in [5.74, 6) is 2.42. The van der Waals surface area contributed by atoms with Gasteiger partial charge in [-0.2, -0.15) is 0 Å². The zero-order valence-electron chi connectivity index (χ0n) is 25.1. The molecular formula is C34H36O8S. The van der Waals surface area contributed by atoms with E-state index in [-0.39, 0.29) is 5.75 Å². The van der Waals surface area contributed by atoms with Gasteiger partial charge in [-0.25, -0.2) is 8.42 Å². The highest BCUT2D eigenvalue weighted by Crippen LogP contribution is 2.61. The summed E-state index contributed by atoms with van der Waals surface area (Å²) in [6, 6.07) is 24.0. The molecule has 0 spiro atoms.